The molecule has 6 heteroatoms. The van der Waals surface area contributed by atoms with Gasteiger partial charge < -0.3 is 9.13 Å². The Morgan fingerprint density at radius 1 is 1.00 bits per heavy atom. The van der Waals surface area contributed by atoms with E-state index < -0.39 is 0 Å². The van der Waals surface area contributed by atoms with E-state index in [4.69, 9.17) is 4.98 Å². The zero-order valence-corrected chi connectivity index (χ0v) is 15.2. The number of benzene rings is 1. The first-order valence-corrected chi connectivity index (χ1v) is 8.78. The third-order valence-corrected chi connectivity index (χ3v) is 4.80. The topological polar surface area (TPSA) is 53.5 Å². The zero-order valence-electron chi connectivity index (χ0n) is 15.2. The second kappa shape index (κ2) is 6.63. The largest absolute Gasteiger partial charge is 0.333 e. The Morgan fingerprint density at radius 2 is 1.81 bits per heavy atom. The monoisotopic (exact) mass is 346 g/mol. The molecule has 0 radical (unpaired) electrons. The zero-order chi connectivity index (χ0) is 18.1. The number of imidazole rings is 2. The molecular formula is C20H22N6. The van der Waals surface area contributed by atoms with E-state index in [0.29, 0.717) is 0 Å². The fourth-order valence-corrected chi connectivity index (χ4v) is 3.48. The van der Waals surface area contributed by atoms with Crippen molar-refractivity contribution in [3.8, 4) is 22.8 Å². The molecule has 0 aliphatic carbocycles. The third-order valence-electron chi connectivity index (χ3n) is 4.80. The summed E-state index contributed by atoms with van der Waals surface area (Å²) < 4.78 is 6.19. The average Bonchev–Trinajstić information content (AvgIpc) is 3.37. The van der Waals surface area contributed by atoms with Gasteiger partial charge in [0.2, 0.25) is 0 Å². The van der Waals surface area contributed by atoms with Gasteiger partial charge in [-0.25, -0.2) is 9.97 Å². The molecule has 4 aromatic rings. The van der Waals surface area contributed by atoms with Crippen molar-refractivity contribution in [3.05, 3.63) is 67.0 Å². The van der Waals surface area contributed by atoms with Crippen LogP contribution in [0.15, 0.2) is 61.3 Å². The van der Waals surface area contributed by atoms with Crippen LogP contribution in [0.4, 0.5) is 0 Å². The lowest BCUT2D eigenvalue weighted by molar-refractivity contribution is 0.520. The molecule has 3 aromatic heterocycles. The molecule has 0 spiro atoms. The lowest BCUT2D eigenvalue weighted by Crippen LogP contribution is -2.15. The van der Waals surface area contributed by atoms with Gasteiger partial charge >= 0.3 is 0 Å². The normalized spacial score (nSPS) is 12.4. The van der Waals surface area contributed by atoms with Gasteiger partial charge in [0.05, 0.1) is 23.8 Å². The van der Waals surface area contributed by atoms with Crippen LogP contribution in [0, 0.1) is 0 Å². The Kier molecular flexibility index (Phi) is 4.16. The Morgan fingerprint density at radius 3 is 2.42 bits per heavy atom. The highest BCUT2D eigenvalue weighted by molar-refractivity contribution is 5.75. The minimum atomic E-state index is 0.138. The molecule has 4 rings (SSSR count). The Labute approximate surface area is 152 Å². The molecule has 26 heavy (non-hydrogen) atoms. The summed E-state index contributed by atoms with van der Waals surface area (Å²) in [6.07, 6.45) is 8.49. The van der Waals surface area contributed by atoms with Gasteiger partial charge in [-0.3, -0.25) is 4.68 Å². The summed E-state index contributed by atoms with van der Waals surface area (Å²) in [6, 6.07) is 12.5. The van der Waals surface area contributed by atoms with Gasteiger partial charge in [-0.1, -0.05) is 37.3 Å². The van der Waals surface area contributed by atoms with Crippen molar-refractivity contribution in [3.63, 3.8) is 0 Å². The Hall–Kier alpha value is -3.15. The van der Waals surface area contributed by atoms with Gasteiger partial charge in [-0.2, -0.15) is 5.10 Å². The van der Waals surface area contributed by atoms with Crippen molar-refractivity contribution in [2.75, 3.05) is 0 Å². The molecule has 132 valence electrons. The van der Waals surface area contributed by atoms with Crippen molar-refractivity contribution < 1.29 is 0 Å². The van der Waals surface area contributed by atoms with E-state index in [1.807, 2.05) is 66.5 Å². The van der Waals surface area contributed by atoms with Gasteiger partial charge in [0.25, 0.3) is 0 Å². The minimum Gasteiger partial charge on any atom is -0.333 e. The maximum absolute atomic E-state index is 4.77. The predicted octanol–water partition coefficient (Wildman–Crippen LogP) is 3.68. The fourth-order valence-electron chi connectivity index (χ4n) is 3.48. The van der Waals surface area contributed by atoms with E-state index in [0.717, 1.165) is 34.9 Å². The molecule has 0 aliphatic heterocycles. The SMILES string of the molecule is CCC(c1ccnn1C)n1cnc(-c2ccccc2)c1-c1nccn1C. The highest BCUT2D eigenvalue weighted by Crippen LogP contribution is 2.34. The second-order valence-electron chi connectivity index (χ2n) is 6.38. The number of aryl methyl sites for hydroxylation is 2. The van der Waals surface area contributed by atoms with Crippen LogP contribution < -0.4 is 0 Å². The van der Waals surface area contributed by atoms with Crippen LogP contribution in [0.2, 0.25) is 0 Å². The molecule has 0 N–H and O–H groups in total. The van der Waals surface area contributed by atoms with Crippen LogP contribution in [-0.4, -0.2) is 28.9 Å². The molecule has 0 fully saturated rings. The van der Waals surface area contributed by atoms with Gasteiger partial charge in [-0.05, 0) is 12.5 Å². The number of hydrogen-bond donors (Lipinski definition) is 0. The number of aromatic nitrogens is 6. The van der Waals surface area contributed by atoms with E-state index in [-0.39, 0.29) is 6.04 Å². The lowest BCUT2D eigenvalue weighted by atomic mass is 10.1. The van der Waals surface area contributed by atoms with Gasteiger partial charge in [0.15, 0.2) is 5.82 Å². The molecule has 0 saturated heterocycles. The first-order valence-electron chi connectivity index (χ1n) is 8.78. The predicted molar refractivity (Wildman–Crippen MR) is 102 cm³/mol. The second-order valence-corrected chi connectivity index (χ2v) is 6.38. The summed E-state index contributed by atoms with van der Waals surface area (Å²) in [6.45, 7) is 2.18. The highest BCUT2D eigenvalue weighted by Gasteiger charge is 2.24. The maximum atomic E-state index is 4.77. The number of nitrogens with zero attached hydrogens (tertiary/aromatic N) is 6. The van der Waals surface area contributed by atoms with E-state index in [1.54, 1.807) is 0 Å². The number of hydrogen-bond acceptors (Lipinski definition) is 3. The smallest absolute Gasteiger partial charge is 0.158 e. The van der Waals surface area contributed by atoms with Crippen molar-refractivity contribution in [1.29, 1.82) is 0 Å². The summed E-state index contributed by atoms with van der Waals surface area (Å²) in [7, 11) is 3.99. The molecule has 1 unspecified atom stereocenters. The van der Waals surface area contributed by atoms with E-state index >= 15 is 0 Å². The number of rotatable bonds is 5. The van der Waals surface area contributed by atoms with Gasteiger partial charge in [-0.15, -0.1) is 0 Å². The van der Waals surface area contributed by atoms with Crippen LogP contribution in [0.25, 0.3) is 22.8 Å². The quantitative estimate of drug-likeness (QED) is 0.554. The maximum Gasteiger partial charge on any atom is 0.158 e. The average molecular weight is 346 g/mol. The summed E-state index contributed by atoms with van der Waals surface area (Å²) in [5, 5.41) is 4.35. The summed E-state index contributed by atoms with van der Waals surface area (Å²) in [4.78, 5) is 9.38. The summed E-state index contributed by atoms with van der Waals surface area (Å²) >= 11 is 0. The highest BCUT2D eigenvalue weighted by atomic mass is 15.3. The fraction of sp³-hybridized carbons (Fsp3) is 0.250. The lowest BCUT2D eigenvalue weighted by Gasteiger charge is -2.20. The molecule has 3 heterocycles. The Balaban J connectivity index is 1.95. The molecule has 6 nitrogen and oxygen atoms in total. The standard InChI is InChI=1S/C20H22N6/c1-4-16(17-10-11-23-25(17)3)26-14-22-18(15-8-6-5-7-9-15)19(26)20-21-12-13-24(20)2/h5-14,16H,4H2,1-3H3. The molecule has 0 saturated carbocycles. The Bertz CT molecular complexity index is 1010. The molecule has 0 amide bonds. The van der Waals surface area contributed by atoms with Crippen LogP contribution >= 0.6 is 0 Å². The van der Waals surface area contributed by atoms with Crippen LogP contribution in [0.5, 0.6) is 0 Å². The summed E-state index contributed by atoms with van der Waals surface area (Å²) in [5.74, 6) is 0.905. The van der Waals surface area contributed by atoms with E-state index in [9.17, 15) is 0 Å². The van der Waals surface area contributed by atoms with Crippen LogP contribution in [0.3, 0.4) is 0 Å². The van der Waals surface area contributed by atoms with Crippen LogP contribution in [0.1, 0.15) is 25.1 Å². The molecule has 0 bridgehead atoms. The molecule has 0 aliphatic rings. The molecule has 1 atom stereocenters. The molecular weight excluding hydrogens is 324 g/mol. The summed E-state index contributed by atoms with van der Waals surface area (Å²) in [5.41, 5.74) is 4.21. The van der Waals surface area contributed by atoms with Gasteiger partial charge in [0.1, 0.15) is 5.69 Å². The first-order chi connectivity index (χ1) is 12.7. The molecule has 1 aromatic carbocycles. The first kappa shape index (κ1) is 16.3. The van der Waals surface area contributed by atoms with Crippen molar-refractivity contribution in [2.24, 2.45) is 14.1 Å². The minimum absolute atomic E-state index is 0.138. The van der Waals surface area contributed by atoms with Gasteiger partial charge in [0, 0.05) is 38.2 Å². The van der Waals surface area contributed by atoms with E-state index in [1.165, 1.54) is 0 Å². The van der Waals surface area contributed by atoms with Crippen molar-refractivity contribution in [2.45, 2.75) is 19.4 Å². The van der Waals surface area contributed by atoms with E-state index in [2.05, 4.69) is 39.8 Å². The van der Waals surface area contributed by atoms with Crippen molar-refractivity contribution >= 4 is 0 Å². The van der Waals surface area contributed by atoms with Crippen molar-refractivity contribution in [1.82, 2.24) is 28.9 Å². The van der Waals surface area contributed by atoms with Crippen LogP contribution in [-0.2, 0) is 14.1 Å². The third kappa shape index (κ3) is 2.63.